The van der Waals surface area contributed by atoms with Crippen LogP contribution in [-0.2, 0) is 4.79 Å². The van der Waals surface area contributed by atoms with E-state index in [0.717, 1.165) is 10.9 Å². The smallest absolute Gasteiger partial charge is 0.264 e. The van der Waals surface area contributed by atoms with E-state index in [1.165, 1.54) is 11.0 Å². The molecule has 0 aliphatic heterocycles. The fraction of sp³-hybridized carbons (Fsp3) is 0.0714. The third-order valence-corrected chi connectivity index (χ3v) is 6.34. The second-order valence-electron chi connectivity index (χ2n) is 8.04. The summed E-state index contributed by atoms with van der Waals surface area (Å²) in [5.41, 5.74) is 2.17. The SMILES string of the molecule is O=C(/C=C/c1ccccc1)NC(NC(=S)N(C(=O)c1ccccc1)c1cccc2cccnc12)C(Cl)(Cl)Cl. The predicted octanol–water partition coefficient (Wildman–Crippen LogP) is 6.28. The van der Waals surface area contributed by atoms with Crippen molar-refractivity contribution in [1.82, 2.24) is 15.6 Å². The van der Waals surface area contributed by atoms with Gasteiger partial charge in [0.1, 0.15) is 6.17 Å². The number of nitrogens with zero attached hydrogens (tertiary/aromatic N) is 2. The van der Waals surface area contributed by atoms with Gasteiger partial charge in [-0.1, -0.05) is 102 Å². The molecule has 10 heteroatoms. The standard InChI is InChI=1S/C28H21Cl3N4O2S/c29-28(30,31)26(33-23(36)17-16-19-9-3-1-4-10-19)34-27(38)35(25(37)21-11-5-2-6-12-21)22-15-7-13-20-14-8-18-32-24(20)22/h1-18,26H,(H,33,36)(H,34,38)/b17-16+. The molecule has 0 aliphatic carbocycles. The molecule has 0 aliphatic rings. The number of hydrogen-bond acceptors (Lipinski definition) is 4. The third kappa shape index (κ3) is 6.88. The molecule has 1 atom stereocenters. The van der Waals surface area contributed by atoms with E-state index < -0.39 is 21.8 Å². The molecule has 1 heterocycles. The zero-order valence-electron chi connectivity index (χ0n) is 19.7. The highest BCUT2D eigenvalue weighted by molar-refractivity contribution is 7.80. The first-order valence-corrected chi connectivity index (χ1v) is 12.9. The zero-order chi connectivity index (χ0) is 27.1. The maximum Gasteiger partial charge on any atom is 0.264 e. The Balaban J connectivity index is 1.65. The lowest BCUT2D eigenvalue weighted by Crippen LogP contribution is -2.58. The zero-order valence-corrected chi connectivity index (χ0v) is 22.8. The first kappa shape index (κ1) is 27.5. The normalized spacial score (nSPS) is 12.2. The Morgan fingerprint density at radius 3 is 2.21 bits per heavy atom. The summed E-state index contributed by atoms with van der Waals surface area (Å²) in [5.74, 6) is -0.965. The number of anilines is 1. The Hall–Kier alpha value is -3.49. The number of thiocarbonyl (C=S) groups is 1. The quantitative estimate of drug-likeness (QED) is 0.121. The minimum Gasteiger partial charge on any atom is -0.338 e. The average molecular weight is 584 g/mol. The highest BCUT2D eigenvalue weighted by Gasteiger charge is 2.36. The van der Waals surface area contributed by atoms with E-state index in [4.69, 9.17) is 47.0 Å². The van der Waals surface area contributed by atoms with E-state index in [2.05, 4.69) is 15.6 Å². The average Bonchev–Trinajstić information content (AvgIpc) is 2.92. The molecule has 192 valence electrons. The molecule has 0 spiro atoms. The molecular weight excluding hydrogens is 563 g/mol. The van der Waals surface area contributed by atoms with Crippen molar-refractivity contribution in [2.75, 3.05) is 4.90 Å². The van der Waals surface area contributed by atoms with Crippen LogP contribution >= 0.6 is 47.0 Å². The van der Waals surface area contributed by atoms with Crippen molar-refractivity contribution in [2.45, 2.75) is 9.96 Å². The number of rotatable bonds is 6. The van der Waals surface area contributed by atoms with Crippen LogP contribution in [-0.4, -0.2) is 31.9 Å². The number of amides is 2. The number of carbonyl (C=O) groups is 2. The van der Waals surface area contributed by atoms with E-state index in [0.29, 0.717) is 16.8 Å². The lowest BCUT2D eigenvalue weighted by atomic mass is 10.1. The summed E-state index contributed by atoms with van der Waals surface area (Å²) in [6.45, 7) is 0. The summed E-state index contributed by atoms with van der Waals surface area (Å²) >= 11 is 24.3. The molecule has 38 heavy (non-hydrogen) atoms. The molecule has 2 amide bonds. The number of fused-ring (bicyclic) bond motifs is 1. The molecule has 0 saturated heterocycles. The number of alkyl halides is 3. The predicted molar refractivity (Wildman–Crippen MR) is 158 cm³/mol. The fourth-order valence-corrected chi connectivity index (χ4v) is 4.23. The van der Waals surface area contributed by atoms with Crippen molar-refractivity contribution in [3.05, 3.63) is 114 Å². The first-order chi connectivity index (χ1) is 18.2. The van der Waals surface area contributed by atoms with Crippen molar-refractivity contribution in [3.63, 3.8) is 0 Å². The van der Waals surface area contributed by atoms with Gasteiger partial charge in [-0.15, -0.1) is 0 Å². The molecule has 2 N–H and O–H groups in total. The number of para-hydroxylation sites is 1. The second kappa shape index (κ2) is 12.4. The van der Waals surface area contributed by atoms with Gasteiger partial charge in [0.25, 0.3) is 5.91 Å². The molecule has 0 saturated carbocycles. The van der Waals surface area contributed by atoms with E-state index in [-0.39, 0.29) is 5.11 Å². The van der Waals surface area contributed by atoms with Crippen molar-refractivity contribution in [1.29, 1.82) is 0 Å². The largest absolute Gasteiger partial charge is 0.338 e. The van der Waals surface area contributed by atoms with Crippen LogP contribution < -0.4 is 15.5 Å². The molecule has 0 radical (unpaired) electrons. The van der Waals surface area contributed by atoms with E-state index in [1.54, 1.807) is 60.8 Å². The Morgan fingerprint density at radius 2 is 1.53 bits per heavy atom. The molecule has 6 nitrogen and oxygen atoms in total. The number of hydrogen-bond donors (Lipinski definition) is 2. The Bertz CT molecular complexity index is 1470. The van der Waals surface area contributed by atoms with Gasteiger partial charge in [0.05, 0.1) is 11.2 Å². The molecule has 1 aromatic heterocycles. The number of carbonyl (C=O) groups excluding carboxylic acids is 2. The van der Waals surface area contributed by atoms with Crippen LogP contribution in [0, 0.1) is 0 Å². The molecule has 0 fully saturated rings. The van der Waals surface area contributed by atoms with Gasteiger partial charge in [-0.05, 0) is 48.1 Å². The first-order valence-electron chi connectivity index (χ1n) is 11.4. The van der Waals surface area contributed by atoms with Gasteiger partial charge in [0.2, 0.25) is 9.70 Å². The van der Waals surface area contributed by atoms with Crippen molar-refractivity contribution >= 4 is 86.6 Å². The number of benzene rings is 3. The van der Waals surface area contributed by atoms with Crippen molar-refractivity contribution in [3.8, 4) is 0 Å². The van der Waals surface area contributed by atoms with Crippen LogP contribution in [0.3, 0.4) is 0 Å². The Labute approximate surface area is 240 Å². The summed E-state index contributed by atoms with van der Waals surface area (Å²) < 4.78 is -2.02. The van der Waals surface area contributed by atoms with Crippen LogP contribution in [0.2, 0.25) is 0 Å². The van der Waals surface area contributed by atoms with E-state index in [1.807, 2.05) is 42.5 Å². The lowest BCUT2D eigenvalue weighted by molar-refractivity contribution is -0.117. The number of pyridine rings is 1. The van der Waals surface area contributed by atoms with Crippen molar-refractivity contribution < 1.29 is 9.59 Å². The van der Waals surface area contributed by atoms with Crippen LogP contribution in [0.1, 0.15) is 15.9 Å². The lowest BCUT2D eigenvalue weighted by Gasteiger charge is -2.31. The number of nitrogens with one attached hydrogen (secondary N) is 2. The Kier molecular flexibility index (Phi) is 8.97. The van der Waals surface area contributed by atoms with Crippen LogP contribution in [0.15, 0.2) is 103 Å². The monoisotopic (exact) mass is 582 g/mol. The highest BCUT2D eigenvalue weighted by Crippen LogP contribution is 2.31. The summed E-state index contributed by atoms with van der Waals surface area (Å²) in [4.78, 5) is 32.1. The molecule has 1 unspecified atom stereocenters. The topological polar surface area (TPSA) is 74.3 Å². The highest BCUT2D eigenvalue weighted by atomic mass is 35.6. The summed E-state index contributed by atoms with van der Waals surface area (Å²) in [7, 11) is 0. The minimum atomic E-state index is -2.02. The third-order valence-electron chi connectivity index (χ3n) is 5.39. The maximum absolute atomic E-state index is 13.7. The summed E-state index contributed by atoms with van der Waals surface area (Å²) in [6, 6.07) is 26.9. The summed E-state index contributed by atoms with van der Waals surface area (Å²) in [6.07, 6.45) is 3.28. The fourth-order valence-electron chi connectivity index (χ4n) is 3.60. The van der Waals surface area contributed by atoms with Gasteiger partial charge in [0, 0.05) is 23.2 Å². The second-order valence-corrected chi connectivity index (χ2v) is 10.8. The van der Waals surface area contributed by atoms with Crippen LogP contribution in [0.4, 0.5) is 5.69 Å². The number of halogens is 3. The van der Waals surface area contributed by atoms with Crippen LogP contribution in [0.5, 0.6) is 0 Å². The molecular formula is C28H21Cl3N4O2S. The van der Waals surface area contributed by atoms with Gasteiger partial charge in [-0.25, -0.2) is 0 Å². The minimum absolute atomic E-state index is 0.0966. The van der Waals surface area contributed by atoms with Gasteiger partial charge < -0.3 is 10.6 Å². The summed E-state index contributed by atoms with van der Waals surface area (Å²) in [5, 5.41) is 6.16. The molecule has 4 rings (SSSR count). The van der Waals surface area contributed by atoms with E-state index >= 15 is 0 Å². The number of aromatic nitrogens is 1. The van der Waals surface area contributed by atoms with Gasteiger partial charge in [0.15, 0.2) is 5.11 Å². The molecule has 3 aromatic carbocycles. The van der Waals surface area contributed by atoms with Gasteiger partial charge in [-0.3, -0.25) is 19.5 Å². The van der Waals surface area contributed by atoms with Gasteiger partial charge >= 0.3 is 0 Å². The Morgan fingerprint density at radius 1 is 0.868 bits per heavy atom. The van der Waals surface area contributed by atoms with Crippen LogP contribution in [0.25, 0.3) is 17.0 Å². The van der Waals surface area contributed by atoms with E-state index in [9.17, 15) is 9.59 Å². The van der Waals surface area contributed by atoms with Crippen molar-refractivity contribution in [2.24, 2.45) is 0 Å². The molecule has 0 bridgehead atoms. The molecule has 4 aromatic rings. The maximum atomic E-state index is 13.7. The van der Waals surface area contributed by atoms with Gasteiger partial charge in [-0.2, -0.15) is 0 Å².